The van der Waals surface area contributed by atoms with E-state index >= 15 is 0 Å². The smallest absolute Gasteiger partial charge is 0.328 e. The number of hydrogen-bond donors (Lipinski definition) is 6. The summed E-state index contributed by atoms with van der Waals surface area (Å²) in [4.78, 5) is 19.1. The Balaban J connectivity index is -0.000000247. The highest BCUT2D eigenvalue weighted by Crippen LogP contribution is 1.70. The van der Waals surface area contributed by atoms with Gasteiger partial charge in [0, 0.05) is 12.2 Å². The summed E-state index contributed by atoms with van der Waals surface area (Å²) in [5.74, 6) is -2.51. The van der Waals surface area contributed by atoms with Crippen LogP contribution < -0.4 is 0 Å². The van der Waals surface area contributed by atoms with E-state index in [0.29, 0.717) is 38.6 Å². The summed E-state index contributed by atoms with van der Waals surface area (Å²) in [6.07, 6.45) is 1.12. The van der Waals surface area contributed by atoms with Crippen LogP contribution in [-0.2, 0) is 19.1 Å². The number of aliphatic hydroxyl groups is 4. The summed E-state index contributed by atoms with van der Waals surface area (Å²) < 4.78 is 9.26. The maximum atomic E-state index is 9.55. The summed E-state index contributed by atoms with van der Waals surface area (Å²) in [7, 11) is 0. The fraction of sp³-hybridized carbons (Fsp3) is 0.667. The molecule has 10 nitrogen and oxygen atoms in total. The zero-order valence-corrected chi connectivity index (χ0v) is 12.1. The Morgan fingerprint density at radius 3 is 1.00 bits per heavy atom. The van der Waals surface area contributed by atoms with Gasteiger partial charge in [-0.05, 0) is 0 Å². The maximum absolute atomic E-state index is 9.55. The van der Waals surface area contributed by atoms with Crippen LogP contribution in [0.3, 0.4) is 0 Å². The van der Waals surface area contributed by atoms with Gasteiger partial charge in [-0.25, -0.2) is 9.59 Å². The van der Waals surface area contributed by atoms with Gasteiger partial charge in [-0.15, -0.1) is 0 Å². The van der Waals surface area contributed by atoms with E-state index in [9.17, 15) is 9.59 Å². The number of rotatable bonds is 10. The number of carboxylic acid groups (broad SMARTS) is 2. The van der Waals surface area contributed by atoms with Gasteiger partial charge in [0.25, 0.3) is 0 Å². The number of carbonyl (C=O) groups is 2. The molecule has 0 radical (unpaired) electrons. The molecule has 0 amide bonds. The first-order valence-corrected chi connectivity index (χ1v) is 6.19. The third kappa shape index (κ3) is 42.9. The van der Waals surface area contributed by atoms with Crippen LogP contribution in [-0.4, -0.2) is 95.4 Å². The Labute approximate surface area is 127 Å². The zero-order chi connectivity index (χ0) is 17.6. The topological polar surface area (TPSA) is 174 Å². The quantitative estimate of drug-likeness (QED) is 0.189. The van der Waals surface area contributed by atoms with Crippen LogP contribution in [0, 0.1) is 0 Å². The van der Waals surface area contributed by atoms with Gasteiger partial charge in [-0.3, -0.25) is 0 Å². The molecule has 0 rings (SSSR count). The summed E-state index contributed by atoms with van der Waals surface area (Å²) in [6.45, 7) is 1.39. The second kappa shape index (κ2) is 24.5. The summed E-state index contributed by atoms with van der Waals surface area (Å²) in [6, 6.07) is 0. The van der Waals surface area contributed by atoms with Gasteiger partial charge in [-0.2, -0.15) is 0 Å². The van der Waals surface area contributed by atoms with Crippen LogP contribution in [0.2, 0.25) is 0 Å². The standard InChI is InChI=1S/C4H4O4.2C4H10O3/c5-3(6)1-2-4(7)8;2*5-1-3-7-4-2-6/h1-2H,(H,5,6)(H,7,8);2*5-6H,1-4H2/b2-1-;;. The van der Waals surface area contributed by atoms with Gasteiger partial charge in [0.15, 0.2) is 0 Å². The molecule has 0 aliphatic rings. The molecule has 0 saturated heterocycles. The highest BCUT2D eigenvalue weighted by atomic mass is 16.5. The molecule has 0 aromatic rings. The van der Waals surface area contributed by atoms with Gasteiger partial charge in [0.05, 0.1) is 52.9 Å². The van der Waals surface area contributed by atoms with E-state index in [-0.39, 0.29) is 26.4 Å². The first-order chi connectivity index (χ1) is 10.5. The van der Waals surface area contributed by atoms with Crippen LogP contribution in [0.15, 0.2) is 12.2 Å². The minimum atomic E-state index is -1.26. The second-order valence-electron chi connectivity index (χ2n) is 3.13. The normalized spacial score (nSPS) is 9.45. The lowest BCUT2D eigenvalue weighted by Crippen LogP contribution is -2.03. The van der Waals surface area contributed by atoms with E-state index in [1.54, 1.807) is 0 Å². The summed E-state index contributed by atoms with van der Waals surface area (Å²) in [5, 5.41) is 48.0. The number of aliphatic hydroxyl groups excluding tert-OH is 4. The predicted octanol–water partition coefficient (Wildman–Crippen LogP) is -2.31. The summed E-state index contributed by atoms with van der Waals surface area (Å²) >= 11 is 0. The molecule has 0 unspecified atom stereocenters. The monoisotopic (exact) mass is 328 g/mol. The lowest BCUT2D eigenvalue weighted by Gasteiger charge is -1.94. The maximum Gasteiger partial charge on any atom is 0.328 e. The van der Waals surface area contributed by atoms with Gasteiger partial charge >= 0.3 is 11.9 Å². The van der Waals surface area contributed by atoms with E-state index in [1.165, 1.54) is 0 Å². The average molecular weight is 328 g/mol. The molecule has 0 aliphatic heterocycles. The molecule has 132 valence electrons. The van der Waals surface area contributed by atoms with Gasteiger partial charge < -0.3 is 40.1 Å². The van der Waals surface area contributed by atoms with Crippen LogP contribution in [0.4, 0.5) is 0 Å². The number of aliphatic carboxylic acids is 2. The van der Waals surface area contributed by atoms with Gasteiger partial charge in [0.1, 0.15) is 0 Å². The lowest BCUT2D eigenvalue weighted by atomic mass is 10.5. The molecule has 0 bridgehead atoms. The first kappa shape index (κ1) is 25.4. The minimum Gasteiger partial charge on any atom is -0.478 e. The molecule has 0 spiro atoms. The highest BCUT2D eigenvalue weighted by molar-refractivity contribution is 5.89. The minimum absolute atomic E-state index is 0.0278. The van der Waals surface area contributed by atoms with Crippen molar-refractivity contribution >= 4 is 11.9 Å². The highest BCUT2D eigenvalue weighted by Gasteiger charge is 1.88. The van der Waals surface area contributed by atoms with Crippen molar-refractivity contribution in [1.82, 2.24) is 0 Å². The van der Waals surface area contributed by atoms with Crippen LogP contribution >= 0.6 is 0 Å². The molecule has 10 heteroatoms. The Morgan fingerprint density at radius 2 is 0.864 bits per heavy atom. The Hall–Kier alpha value is -1.56. The first-order valence-electron chi connectivity index (χ1n) is 6.19. The largest absolute Gasteiger partial charge is 0.478 e. The van der Waals surface area contributed by atoms with Crippen LogP contribution in [0.25, 0.3) is 0 Å². The molecule has 6 N–H and O–H groups in total. The molecule has 0 saturated carbocycles. The van der Waals surface area contributed by atoms with Crippen LogP contribution in [0.5, 0.6) is 0 Å². The van der Waals surface area contributed by atoms with E-state index in [0.717, 1.165) is 0 Å². The van der Waals surface area contributed by atoms with Crippen molar-refractivity contribution in [2.24, 2.45) is 0 Å². The predicted molar refractivity (Wildman–Crippen MR) is 74.4 cm³/mol. The van der Waals surface area contributed by atoms with Crippen molar-refractivity contribution in [1.29, 1.82) is 0 Å². The lowest BCUT2D eigenvalue weighted by molar-refractivity contribution is -0.134. The SMILES string of the molecule is O=C(O)/C=C\C(=O)O.OCCOCCO.OCCOCCO. The number of ether oxygens (including phenoxy) is 2. The van der Waals surface area contributed by atoms with Crippen molar-refractivity contribution < 1.29 is 49.7 Å². The number of carboxylic acids is 2. The van der Waals surface area contributed by atoms with E-state index in [1.807, 2.05) is 0 Å². The fourth-order valence-corrected chi connectivity index (χ4v) is 0.605. The number of hydrogen-bond acceptors (Lipinski definition) is 8. The molecule has 0 heterocycles. The second-order valence-corrected chi connectivity index (χ2v) is 3.13. The Bertz CT molecular complexity index is 233. The Morgan fingerprint density at radius 1 is 0.636 bits per heavy atom. The average Bonchev–Trinajstić information content (AvgIpc) is 2.48. The van der Waals surface area contributed by atoms with Crippen molar-refractivity contribution in [2.45, 2.75) is 0 Å². The molecule has 22 heavy (non-hydrogen) atoms. The third-order valence-corrected chi connectivity index (χ3v) is 1.31. The van der Waals surface area contributed by atoms with E-state index in [4.69, 9.17) is 30.6 Å². The molecular formula is C12H24O10. The van der Waals surface area contributed by atoms with E-state index < -0.39 is 11.9 Å². The summed E-state index contributed by atoms with van der Waals surface area (Å²) in [5.41, 5.74) is 0. The van der Waals surface area contributed by atoms with Crippen molar-refractivity contribution in [3.63, 3.8) is 0 Å². The van der Waals surface area contributed by atoms with Gasteiger partial charge in [0.2, 0.25) is 0 Å². The van der Waals surface area contributed by atoms with Crippen molar-refractivity contribution in [3.8, 4) is 0 Å². The van der Waals surface area contributed by atoms with Crippen molar-refractivity contribution in [3.05, 3.63) is 12.2 Å². The molecule has 0 aliphatic carbocycles. The zero-order valence-electron chi connectivity index (χ0n) is 12.1. The Kier molecular flexibility index (Phi) is 28.2. The molecule has 0 atom stereocenters. The van der Waals surface area contributed by atoms with Gasteiger partial charge in [-0.1, -0.05) is 0 Å². The van der Waals surface area contributed by atoms with Crippen molar-refractivity contribution in [2.75, 3.05) is 52.9 Å². The molecule has 0 aromatic heterocycles. The molecule has 0 fully saturated rings. The van der Waals surface area contributed by atoms with E-state index in [2.05, 4.69) is 9.47 Å². The third-order valence-electron chi connectivity index (χ3n) is 1.31. The fourth-order valence-electron chi connectivity index (χ4n) is 0.605. The molecule has 0 aromatic carbocycles. The van der Waals surface area contributed by atoms with Crippen LogP contribution in [0.1, 0.15) is 0 Å². The molecular weight excluding hydrogens is 304 g/mol.